The van der Waals surface area contributed by atoms with Gasteiger partial charge >= 0.3 is 0 Å². The van der Waals surface area contributed by atoms with E-state index in [0.29, 0.717) is 29.0 Å². The molecule has 0 radical (unpaired) electrons. The fraction of sp³-hybridized carbons (Fsp3) is 0.767. The zero-order chi connectivity index (χ0) is 21.6. The van der Waals surface area contributed by atoms with E-state index in [0.717, 1.165) is 41.6 Å². The molecular formula is C30H44O. The lowest BCUT2D eigenvalue weighted by atomic mass is 9.44. The van der Waals surface area contributed by atoms with Crippen LogP contribution in [0.3, 0.4) is 0 Å². The molecule has 5 rings (SSSR count). The van der Waals surface area contributed by atoms with Gasteiger partial charge in [0.25, 0.3) is 0 Å². The molecule has 0 heterocycles. The van der Waals surface area contributed by atoms with E-state index in [9.17, 15) is 4.79 Å². The van der Waals surface area contributed by atoms with E-state index in [1.165, 1.54) is 64.2 Å². The Morgan fingerprint density at radius 2 is 1.68 bits per heavy atom. The largest absolute Gasteiger partial charge is 0.294 e. The van der Waals surface area contributed by atoms with Gasteiger partial charge in [-0.15, -0.1) is 0 Å². The van der Waals surface area contributed by atoms with Crippen molar-refractivity contribution >= 4 is 5.78 Å². The van der Waals surface area contributed by atoms with Crippen molar-refractivity contribution in [2.45, 2.75) is 97.8 Å². The Balaban J connectivity index is 1.26. The van der Waals surface area contributed by atoms with Crippen LogP contribution in [0, 0.1) is 46.3 Å². The molecule has 0 aliphatic heterocycles. The number of carbonyl (C=O) groups is 1. The quantitative estimate of drug-likeness (QED) is 0.437. The fourth-order valence-electron chi connectivity index (χ4n) is 9.60. The third-order valence-corrected chi connectivity index (χ3v) is 11.3. The van der Waals surface area contributed by atoms with Gasteiger partial charge in [-0.05, 0) is 104 Å². The van der Waals surface area contributed by atoms with E-state index < -0.39 is 0 Å². The summed E-state index contributed by atoms with van der Waals surface area (Å²) in [5.74, 6) is 5.77. The van der Waals surface area contributed by atoms with Gasteiger partial charge < -0.3 is 0 Å². The predicted octanol–water partition coefficient (Wildman–Crippen LogP) is 8.33. The first-order valence-corrected chi connectivity index (χ1v) is 13.5. The highest BCUT2D eigenvalue weighted by atomic mass is 16.1. The molecule has 8 atom stereocenters. The van der Waals surface area contributed by atoms with Crippen molar-refractivity contribution in [2.24, 2.45) is 46.3 Å². The molecule has 4 saturated carbocycles. The van der Waals surface area contributed by atoms with E-state index >= 15 is 0 Å². The van der Waals surface area contributed by atoms with Crippen molar-refractivity contribution in [1.29, 1.82) is 0 Å². The van der Waals surface area contributed by atoms with Gasteiger partial charge in [0.1, 0.15) is 0 Å². The Hall–Kier alpha value is -1.11. The Morgan fingerprint density at radius 1 is 0.903 bits per heavy atom. The Bertz CT molecular complexity index is 783. The SMILES string of the molecule is C[C@H](CCC(=O)c1ccccc1)[C@H]1CC[C@H]2[C@@H]3CCC4CCCC[C@]4(C)[C@H]3CC[C@]12C. The van der Waals surface area contributed by atoms with Gasteiger partial charge in [-0.2, -0.15) is 0 Å². The summed E-state index contributed by atoms with van der Waals surface area (Å²) in [6.45, 7) is 7.82. The van der Waals surface area contributed by atoms with Crippen LogP contribution in [0.15, 0.2) is 30.3 Å². The molecule has 1 aromatic carbocycles. The summed E-state index contributed by atoms with van der Waals surface area (Å²) >= 11 is 0. The van der Waals surface area contributed by atoms with Crippen molar-refractivity contribution in [3.8, 4) is 0 Å². The first-order chi connectivity index (χ1) is 14.9. The van der Waals surface area contributed by atoms with Gasteiger partial charge in [-0.1, -0.05) is 63.9 Å². The number of carbonyl (C=O) groups excluding carboxylic acids is 1. The second-order valence-corrected chi connectivity index (χ2v) is 12.4. The minimum atomic E-state index is 0.333. The number of ketones is 1. The van der Waals surface area contributed by atoms with Crippen molar-refractivity contribution in [3.63, 3.8) is 0 Å². The second kappa shape index (κ2) is 8.35. The molecule has 0 spiro atoms. The van der Waals surface area contributed by atoms with Gasteiger partial charge in [-0.25, -0.2) is 0 Å². The smallest absolute Gasteiger partial charge is 0.162 e. The maximum Gasteiger partial charge on any atom is 0.162 e. The number of Topliss-reactive ketones (excluding diaryl/α,β-unsaturated/α-hetero) is 1. The summed E-state index contributed by atoms with van der Waals surface area (Å²) in [5, 5.41) is 0. The van der Waals surface area contributed by atoms with Crippen LogP contribution in [-0.4, -0.2) is 5.78 Å². The predicted molar refractivity (Wildman–Crippen MR) is 129 cm³/mol. The number of hydrogen-bond donors (Lipinski definition) is 0. The number of rotatable bonds is 5. The average molecular weight is 421 g/mol. The van der Waals surface area contributed by atoms with Gasteiger partial charge in [-0.3, -0.25) is 4.79 Å². The van der Waals surface area contributed by atoms with E-state index in [1.807, 2.05) is 30.3 Å². The average Bonchev–Trinajstić information content (AvgIpc) is 3.14. The summed E-state index contributed by atoms with van der Waals surface area (Å²) in [5.41, 5.74) is 2.06. The molecule has 0 saturated heterocycles. The van der Waals surface area contributed by atoms with Crippen molar-refractivity contribution in [2.75, 3.05) is 0 Å². The third-order valence-electron chi connectivity index (χ3n) is 11.3. The lowest BCUT2D eigenvalue weighted by molar-refractivity contribution is -0.114. The van der Waals surface area contributed by atoms with Crippen LogP contribution in [0.1, 0.15) is 108 Å². The summed E-state index contributed by atoms with van der Waals surface area (Å²) < 4.78 is 0. The van der Waals surface area contributed by atoms with E-state index in [-0.39, 0.29) is 0 Å². The van der Waals surface area contributed by atoms with Gasteiger partial charge in [0.15, 0.2) is 5.78 Å². The first-order valence-electron chi connectivity index (χ1n) is 13.5. The normalized spacial score (nSPS) is 42.9. The summed E-state index contributed by atoms with van der Waals surface area (Å²) in [7, 11) is 0. The van der Waals surface area contributed by atoms with Crippen LogP contribution in [0.5, 0.6) is 0 Å². The van der Waals surface area contributed by atoms with Gasteiger partial charge in [0, 0.05) is 12.0 Å². The maximum absolute atomic E-state index is 12.7. The number of fused-ring (bicyclic) bond motifs is 5. The molecule has 170 valence electrons. The molecule has 0 bridgehead atoms. The summed E-state index contributed by atoms with van der Waals surface area (Å²) in [4.78, 5) is 12.7. The van der Waals surface area contributed by atoms with Gasteiger partial charge in [0.05, 0.1) is 0 Å². The topological polar surface area (TPSA) is 17.1 Å². The van der Waals surface area contributed by atoms with Crippen molar-refractivity contribution in [3.05, 3.63) is 35.9 Å². The lowest BCUT2D eigenvalue weighted by Crippen LogP contribution is -2.53. The molecule has 0 amide bonds. The first kappa shape index (κ1) is 21.7. The van der Waals surface area contributed by atoms with Crippen LogP contribution in [-0.2, 0) is 0 Å². The fourth-order valence-corrected chi connectivity index (χ4v) is 9.60. The molecule has 4 fully saturated rings. The van der Waals surface area contributed by atoms with E-state index in [1.54, 1.807) is 0 Å². The molecule has 31 heavy (non-hydrogen) atoms. The molecule has 1 aromatic rings. The Labute approximate surface area is 190 Å². The highest BCUT2D eigenvalue weighted by Gasteiger charge is 2.60. The Morgan fingerprint density at radius 3 is 2.48 bits per heavy atom. The molecule has 1 heteroatoms. The standard InChI is InChI=1S/C30H44O/c1-21(12-17-28(31)22-9-5-4-6-10-22)25-15-16-26-24-14-13-23-11-7-8-19-29(23,2)27(24)18-20-30(25,26)3/h4-6,9-10,21,23-27H,7-8,11-20H2,1-3H3/t21-,23?,24+,25-,26+,27+,29+,30-/m1/s1. The van der Waals surface area contributed by atoms with E-state index in [2.05, 4.69) is 20.8 Å². The monoisotopic (exact) mass is 420 g/mol. The molecule has 4 aliphatic carbocycles. The van der Waals surface area contributed by atoms with E-state index in [4.69, 9.17) is 0 Å². The van der Waals surface area contributed by atoms with Crippen molar-refractivity contribution in [1.82, 2.24) is 0 Å². The highest BCUT2D eigenvalue weighted by molar-refractivity contribution is 5.95. The lowest BCUT2D eigenvalue weighted by Gasteiger charge is -2.61. The zero-order valence-corrected chi connectivity index (χ0v) is 20.2. The maximum atomic E-state index is 12.7. The Kier molecular flexibility index (Phi) is 5.85. The number of hydrogen-bond acceptors (Lipinski definition) is 1. The third kappa shape index (κ3) is 3.63. The molecular weight excluding hydrogens is 376 g/mol. The minimum absolute atomic E-state index is 0.333. The van der Waals surface area contributed by atoms with Crippen LogP contribution in [0.4, 0.5) is 0 Å². The van der Waals surface area contributed by atoms with Crippen LogP contribution < -0.4 is 0 Å². The number of benzene rings is 1. The van der Waals surface area contributed by atoms with Gasteiger partial charge in [0.2, 0.25) is 0 Å². The molecule has 0 N–H and O–H groups in total. The van der Waals surface area contributed by atoms with Crippen LogP contribution >= 0.6 is 0 Å². The van der Waals surface area contributed by atoms with Crippen molar-refractivity contribution < 1.29 is 4.79 Å². The summed E-state index contributed by atoms with van der Waals surface area (Å²) in [6.07, 6.45) is 16.6. The van der Waals surface area contributed by atoms with Crippen LogP contribution in [0.2, 0.25) is 0 Å². The molecule has 0 aromatic heterocycles. The molecule has 1 unspecified atom stereocenters. The zero-order valence-electron chi connectivity index (χ0n) is 20.2. The summed E-state index contributed by atoms with van der Waals surface area (Å²) in [6, 6.07) is 9.92. The highest BCUT2D eigenvalue weighted by Crippen LogP contribution is 2.68. The molecule has 1 nitrogen and oxygen atoms in total. The molecule has 4 aliphatic rings. The minimum Gasteiger partial charge on any atom is -0.294 e. The second-order valence-electron chi connectivity index (χ2n) is 12.4. The van der Waals surface area contributed by atoms with Crippen LogP contribution in [0.25, 0.3) is 0 Å².